The lowest BCUT2D eigenvalue weighted by atomic mass is 9.98. The molecule has 2 fully saturated rings. The topological polar surface area (TPSA) is 59.1 Å². The second-order valence-electron chi connectivity index (χ2n) is 8.37. The van der Waals surface area contributed by atoms with Crippen molar-refractivity contribution in [1.29, 1.82) is 0 Å². The van der Waals surface area contributed by atoms with Crippen LogP contribution in [0.15, 0.2) is 48.5 Å². The second kappa shape index (κ2) is 9.96. The van der Waals surface area contributed by atoms with Crippen molar-refractivity contribution in [3.63, 3.8) is 0 Å². The number of nitrogens with zero attached hydrogens (tertiary/aromatic N) is 2. The molecule has 0 N–H and O–H groups in total. The van der Waals surface area contributed by atoms with Crippen LogP contribution in [0.3, 0.4) is 0 Å². The van der Waals surface area contributed by atoms with Crippen LogP contribution in [0.1, 0.15) is 39.1 Å². The Morgan fingerprint density at radius 3 is 2.45 bits per heavy atom. The maximum Gasteiger partial charge on any atom is 0.254 e. The first-order valence-electron chi connectivity index (χ1n) is 11.1. The zero-order valence-corrected chi connectivity index (χ0v) is 18.1. The zero-order valence-electron chi connectivity index (χ0n) is 18.1. The number of aryl methyl sites for hydroxylation is 1. The molecule has 6 heteroatoms. The van der Waals surface area contributed by atoms with Gasteiger partial charge in [0.15, 0.2) is 0 Å². The highest BCUT2D eigenvalue weighted by atomic mass is 16.5. The van der Waals surface area contributed by atoms with Crippen molar-refractivity contribution in [1.82, 2.24) is 9.80 Å². The van der Waals surface area contributed by atoms with Crippen LogP contribution >= 0.6 is 0 Å². The van der Waals surface area contributed by atoms with Gasteiger partial charge in [-0.25, -0.2) is 0 Å². The minimum absolute atomic E-state index is 0.0347. The van der Waals surface area contributed by atoms with Gasteiger partial charge in [-0.15, -0.1) is 0 Å². The lowest BCUT2D eigenvalue weighted by Gasteiger charge is -2.32. The third kappa shape index (κ3) is 5.44. The Kier molecular flexibility index (Phi) is 6.87. The summed E-state index contributed by atoms with van der Waals surface area (Å²) in [5.74, 6) is 1.18. The fourth-order valence-electron chi connectivity index (χ4n) is 4.20. The Morgan fingerprint density at radius 2 is 1.71 bits per heavy atom. The summed E-state index contributed by atoms with van der Waals surface area (Å²) >= 11 is 0. The van der Waals surface area contributed by atoms with Crippen molar-refractivity contribution in [3.05, 3.63) is 65.2 Å². The summed E-state index contributed by atoms with van der Waals surface area (Å²) in [6.45, 7) is 6.53. The molecule has 2 aromatic rings. The molecule has 0 saturated carbocycles. The predicted molar refractivity (Wildman–Crippen MR) is 118 cm³/mol. The minimum atomic E-state index is 0.0347. The molecule has 2 aliphatic heterocycles. The minimum Gasteiger partial charge on any atom is -0.493 e. The molecular formula is C25H30N2O4. The van der Waals surface area contributed by atoms with Crippen LogP contribution < -0.4 is 4.74 Å². The van der Waals surface area contributed by atoms with Crippen LogP contribution in [0, 0.1) is 12.8 Å². The standard InChI is InChI=1S/C25H30N2O4/c1-19-4-2-6-22(16-19)25(29)27-11-3-5-20(17-27)18-31-23-9-7-21(8-10-23)24(28)26-12-14-30-15-13-26/h2,4,6-10,16,20H,3,5,11-15,17-18H2,1H3/t20-/m1/s1. The molecule has 2 amide bonds. The van der Waals surface area contributed by atoms with E-state index in [0.29, 0.717) is 50.9 Å². The summed E-state index contributed by atoms with van der Waals surface area (Å²) in [5.41, 5.74) is 2.52. The normalized spacial score (nSPS) is 19.2. The molecule has 0 spiro atoms. The van der Waals surface area contributed by atoms with Crippen LogP contribution in [0.5, 0.6) is 5.75 Å². The second-order valence-corrected chi connectivity index (χ2v) is 8.37. The fourth-order valence-corrected chi connectivity index (χ4v) is 4.20. The molecule has 0 unspecified atom stereocenters. The van der Waals surface area contributed by atoms with Gasteiger partial charge in [-0.1, -0.05) is 17.7 Å². The molecule has 0 radical (unpaired) electrons. The molecular weight excluding hydrogens is 392 g/mol. The monoisotopic (exact) mass is 422 g/mol. The van der Waals surface area contributed by atoms with Gasteiger partial charge in [-0.05, 0) is 56.2 Å². The van der Waals surface area contributed by atoms with Crippen LogP contribution in [0.2, 0.25) is 0 Å². The molecule has 0 bridgehead atoms. The van der Waals surface area contributed by atoms with Gasteiger partial charge in [0, 0.05) is 43.2 Å². The van der Waals surface area contributed by atoms with E-state index in [1.54, 1.807) is 0 Å². The summed E-state index contributed by atoms with van der Waals surface area (Å²) in [6.07, 6.45) is 2.03. The number of amides is 2. The van der Waals surface area contributed by atoms with E-state index >= 15 is 0 Å². The van der Waals surface area contributed by atoms with Gasteiger partial charge < -0.3 is 19.3 Å². The first-order chi connectivity index (χ1) is 15.1. The highest BCUT2D eigenvalue weighted by Gasteiger charge is 2.25. The quantitative estimate of drug-likeness (QED) is 0.741. The van der Waals surface area contributed by atoms with Crippen molar-refractivity contribution in [2.45, 2.75) is 19.8 Å². The van der Waals surface area contributed by atoms with E-state index in [1.165, 1.54) is 0 Å². The molecule has 6 nitrogen and oxygen atoms in total. The average molecular weight is 423 g/mol. The molecule has 2 saturated heterocycles. The van der Waals surface area contributed by atoms with E-state index in [9.17, 15) is 9.59 Å². The third-order valence-electron chi connectivity index (χ3n) is 5.96. The lowest BCUT2D eigenvalue weighted by molar-refractivity contribution is 0.0303. The molecule has 4 rings (SSSR count). The highest BCUT2D eigenvalue weighted by Crippen LogP contribution is 2.21. The van der Waals surface area contributed by atoms with Crippen LogP contribution in [-0.4, -0.2) is 67.6 Å². The van der Waals surface area contributed by atoms with Gasteiger partial charge in [0.1, 0.15) is 5.75 Å². The maximum atomic E-state index is 12.8. The molecule has 2 aliphatic rings. The van der Waals surface area contributed by atoms with Crippen molar-refractivity contribution in [2.75, 3.05) is 46.0 Å². The Hall–Kier alpha value is -2.86. The predicted octanol–water partition coefficient (Wildman–Crippen LogP) is 3.40. The number of benzene rings is 2. The van der Waals surface area contributed by atoms with Crippen LogP contribution in [-0.2, 0) is 4.74 Å². The van der Waals surface area contributed by atoms with Crippen molar-refractivity contribution >= 4 is 11.8 Å². The summed E-state index contributed by atoms with van der Waals surface area (Å²) < 4.78 is 11.3. The van der Waals surface area contributed by atoms with Gasteiger partial charge in [-0.3, -0.25) is 9.59 Å². The maximum absolute atomic E-state index is 12.8. The summed E-state index contributed by atoms with van der Waals surface area (Å²) in [7, 11) is 0. The summed E-state index contributed by atoms with van der Waals surface area (Å²) in [6, 6.07) is 15.1. The number of hydrogen-bond donors (Lipinski definition) is 0. The Bertz CT molecular complexity index is 906. The summed E-state index contributed by atoms with van der Waals surface area (Å²) in [5, 5.41) is 0. The molecule has 2 aromatic carbocycles. The molecule has 31 heavy (non-hydrogen) atoms. The molecule has 2 heterocycles. The zero-order chi connectivity index (χ0) is 21.6. The van der Waals surface area contributed by atoms with E-state index < -0.39 is 0 Å². The number of hydrogen-bond acceptors (Lipinski definition) is 4. The third-order valence-corrected chi connectivity index (χ3v) is 5.96. The Morgan fingerprint density at radius 1 is 0.968 bits per heavy atom. The smallest absolute Gasteiger partial charge is 0.254 e. The molecule has 164 valence electrons. The largest absolute Gasteiger partial charge is 0.493 e. The SMILES string of the molecule is Cc1cccc(C(=O)N2CCC[C@@H](COc3ccc(C(=O)N4CCOCC4)cc3)C2)c1. The van der Waals surface area contributed by atoms with Crippen LogP contribution in [0.25, 0.3) is 0 Å². The number of rotatable bonds is 5. The highest BCUT2D eigenvalue weighted by molar-refractivity contribution is 5.95. The first-order valence-corrected chi connectivity index (χ1v) is 11.1. The Balaban J connectivity index is 1.29. The van der Waals surface area contributed by atoms with Gasteiger partial charge in [0.25, 0.3) is 11.8 Å². The van der Waals surface area contributed by atoms with Crippen LogP contribution in [0.4, 0.5) is 0 Å². The van der Waals surface area contributed by atoms with E-state index in [2.05, 4.69) is 0 Å². The first kappa shape index (κ1) is 21.4. The fraction of sp³-hybridized carbons (Fsp3) is 0.440. The number of carbonyl (C=O) groups is 2. The number of piperidine rings is 1. The number of likely N-dealkylation sites (tertiary alicyclic amines) is 1. The van der Waals surface area contributed by atoms with E-state index in [-0.39, 0.29) is 11.8 Å². The van der Waals surface area contributed by atoms with Crippen molar-refractivity contribution < 1.29 is 19.1 Å². The van der Waals surface area contributed by atoms with Crippen molar-refractivity contribution in [2.24, 2.45) is 5.92 Å². The number of morpholine rings is 1. The van der Waals surface area contributed by atoms with Crippen molar-refractivity contribution in [3.8, 4) is 5.75 Å². The van der Waals surface area contributed by atoms with E-state index in [4.69, 9.17) is 9.47 Å². The van der Waals surface area contributed by atoms with Gasteiger partial charge >= 0.3 is 0 Å². The van der Waals surface area contributed by atoms with Gasteiger partial charge in [0.05, 0.1) is 19.8 Å². The molecule has 0 aromatic heterocycles. The lowest BCUT2D eigenvalue weighted by Crippen LogP contribution is -2.41. The average Bonchev–Trinajstić information content (AvgIpc) is 2.83. The molecule has 1 atom stereocenters. The summed E-state index contributed by atoms with van der Waals surface area (Å²) in [4.78, 5) is 29.2. The molecule has 0 aliphatic carbocycles. The van der Waals surface area contributed by atoms with Gasteiger partial charge in [-0.2, -0.15) is 0 Å². The number of ether oxygens (including phenoxy) is 2. The number of carbonyl (C=O) groups excluding carboxylic acids is 2. The Labute approximate surface area is 183 Å². The van der Waals surface area contributed by atoms with Gasteiger partial charge in [0.2, 0.25) is 0 Å². The van der Waals surface area contributed by atoms with E-state index in [0.717, 1.165) is 36.3 Å². The van der Waals surface area contributed by atoms with E-state index in [1.807, 2.05) is 65.3 Å².